The number of hydrogen-bond donors (Lipinski definition) is 2. The van der Waals surface area contributed by atoms with Gasteiger partial charge in [0.15, 0.2) is 5.96 Å². The summed E-state index contributed by atoms with van der Waals surface area (Å²) in [5.74, 6) is 0.879. The van der Waals surface area contributed by atoms with Crippen LogP contribution < -0.4 is 10.6 Å². The van der Waals surface area contributed by atoms with Gasteiger partial charge in [0, 0.05) is 47.2 Å². The average molecular weight is 564 g/mol. The van der Waals surface area contributed by atoms with E-state index in [2.05, 4.69) is 60.3 Å². The Morgan fingerprint density at radius 2 is 1.97 bits per heavy atom. The van der Waals surface area contributed by atoms with Crippen LogP contribution >= 0.6 is 46.7 Å². The third kappa shape index (κ3) is 7.44. The molecule has 1 atom stereocenters. The number of nitrogens with zero attached hydrogens (tertiary/aromatic N) is 3. The number of hydrogen-bond acceptors (Lipinski definition) is 6. The van der Waals surface area contributed by atoms with Gasteiger partial charge >= 0.3 is 0 Å². The molecule has 6 nitrogen and oxygen atoms in total. The maximum Gasteiger partial charge on any atom is 0.191 e. The largest absolute Gasteiger partial charge is 0.379 e. The zero-order chi connectivity index (χ0) is 20.6. The van der Waals surface area contributed by atoms with Crippen LogP contribution in [0.5, 0.6) is 0 Å². The van der Waals surface area contributed by atoms with Gasteiger partial charge in [0.1, 0.15) is 0 Å². The maximum absolute atomic E-state index is 5.56. The zero-order valence-corrected chi connectivity index (χ0v) is 22.3. The van der Waals surface area contributed by atoms with E-state index in [9.17, 15) is 0 Å². The molecule has 9 heteroatoms. The second kappa shape index (κ2) is 12.9. The summed E-state index contributed by atoms with van der Waals surface area (Å²) in [6.45, 7) is 14.4. The first-order valence-electron chi connectivity index (χ1n) is 10.4. The molecule has 1 aliphatic rings. The lowest BCUT2D eigenvalue weighted by Gasteiger charge is -2.33. The number of guanidine groups is 1. The quantitative estimate of drug-likeness (QED) is 0.290. The van der Waals surface area contributed by atoms with Crippen molar-refractivity contribution in [3.05, 3.63) is 37.5 Å². The highest BCUT2D eigenvalue weighted by atomic mass is 127. The minimum atomic E-state index is 0. The van der Waals surface area contributed by atoms with Gasteiger partial charge in [-0.1, -0.05) is 0 Å². The molecule has 0 bridgehead atoms. The number of thiophene rings is 1. The molecule has 1 fully saturated rings. The highest BCUT2D eigenvalue weighted by Crippen LogP contribution is 2.28. The number of aromatic nitrogens is 1. The van der Waals surface area contributed by atoms with Crippen LogP contribution in [0.4, 0.5) is 0 Å². The summed E-state index contributed by atoms with van der Waals surface area (Å²) in [5.41, 5.74) is 1.14. The van der Waals surface area contributed by atoms with Crippen molar-refractivity contribution in [2.45, 2.75) is 40.2 Å². The number of halogens is 1. The maximum atomic E-state index is 5.56. The lowest BCUT2D eigenvalue weighted by atomic mass is 10.2. The number of aliphatic imine (C=N–C) groups is 1. The summed E-state index contributed by atoms with van der Waals surface area (Å²) in [6, 6.07) is 4.76. The molecular weight excluding hydrogens is 529 g/mol. The fourth-order valence-electron chi connectivity index (χ4n) is 3.36. The van der Waals surface area contributed by atoms with Crippen LogP contribution in [0.1, 0.15) is 38.3 Å². The Hall–Kier alpha value is -0.750. The summed E-state index contributed by atoms with van der Waals surface area (Å²) in [7, 11) is 0. The molecule has 3 heterocycles. The summed E-state index contributed by atoms with van der Waals surface area (Å²) in [5, 5.41) is 8.04. The summed E-state index contributed by atoms with van der Waals surface area (Å²) >= 11 is 3.66. The minimum absolute atomic E-state index is 0. The normalized spacial score (nSPS) is 16.2. The van der Waals surface area contributed by atoms with E-state index < -0.39 is 0 Å². The third-order valence-corrected chi connectivity index (χ3v) is 7.28. The van der Waals surface area contributed by atoms with Crippen molar-refractivity contribution in [3.8, 4) is 0 Å². The molecule has 0 aliphatic carbocycles. The molecular formula is C21H34IN5OS2. The molecule has 0 radical (unpaired) electrons. The van der Waals surface area contributed by atoms with Crippen molar-refractivity contribution in [1.82, 2.24) is 20.5 Å². The van der Waals surface area contributed by atoms with Gasteiger partial charge < -0.3 is 15.4 Å². The van der Waals surface area contributed by atoms with E-state index in [0.29, 0.717) is 6.04 Å². The number of rotatable bonds is 8. The molecule has 0 spiro atoms. The Bertz CT molecular complexity index is 782. The average Bonchev–Trinajstić information content (AvgIpc) is 3.28. The zero-order valence-electron chi connectivity index (χ0n) is 18.4. The Labute approximate surface area is 205 Å². The number of thiazole rings is 1. The van der Waals surface area contributed by atoms with E-state index in [1.165, 1.54) is 19.6 Å². The number of ether oxygens (including phenoxy) is 1. The monoisotopic (exact) mass is 563 g/mol. The van der Waals surface area contributed by atoms with E-state index >= 15 is 0 Å². The van der Waals surface area contributed by atoms with E-state index in [-0.39, 0.29) is 24.0 Å². The Morgan fingerprint density at radius 3 is 2.57 bits per heavy atom. The fraction of sp³-hybridized carbons (Fsp3) is 0.619. The second-order valence-corrected chi connectivity index (χ2v) is 9.87. The number of morpholine rings is 1. The van der Waals surface area contributed by atoms with E-state index in [0.717, 1.165) is 64.0 Å². The van der Waals surface area contributed by atoms with Crippen molar-refractivity contribution < 1.29 is 4.74 Å². The summed E-state index contributed by atoms with van der Waals surface area (Å²) < 4.78 is 5.56. The van der Waals surface area contributed by atoms with E-state index in [1.54, 1.807) is 11.3 Å². The Kier molecular flexibility index (Phi) is 11.0. The van der Waals surface area contributed by atoms with Crippen LogP contribution in [0, 0.1) is 20.8 Å². The molecule has 2 aromatic heterocycles. The van der Waals surface area contributed by atoms with Crippen molar-refractivity contribution in [3.63, 3.8) is 0 Å². The van der Waals surface area contributed by atoms with Gasteiger partial charge in [-0.05, 0) is 39.8 Å². The predicted molar refractivity (Wildman–Crippen MR) is 139 cm³/mol. The number of nitrogens with one attached hydrogen (secondary N) is 2. The molecule has 0 aromatic carbocycles. The molecule has 1 saturated heterocycles. The predicted octanol–water partition coefficient (Wildman–Crippen LogP) is 3.92. The molecule has 3 rings (SSSR count). The first-order valence-corrected chi connectivity index (χ1v) is 12.0. The Balaban J connectivity index is 0.00000320. The van der Waals surface area contributed by atoms with Crippen molar-refractivity contribution in [2.24, 2.45) is 4.99 Å². The first kappa shape index (κ1) is 25.5. The van der Waals surface area contributed by atoms with Crippen molar-refractivity contribution in [2.75, 3.05) is 45.9 Å². The summed E-state index contributed by atoms with van der Waals surface area (Å²) in [6.07, 6.45) is 0.917. The second-order valence-electron chi connectivity index (χ2n) is 7.26. The van der Waals surface area contributed by atoms with Gasteiger partial charge in [-0.3, -0.25) is 9.89 Å². The van der Waals surface area contributed by atoms with Gasteiger partial charge in [-0.15, -0.1) is 46.7 Å². The van der Waals surface area contributed by atoms with Crippen LogP contribution in [0.3, 0.4) is 0 Å². The lowest BCUT2D eigenvalue weighted by Crippen LogP contribution is -2.42. The van der Waals surface area contributed by atoms with Crippen LogP contribution in [-0.4, -0.2) is 61.8 Å². The Morgan fingerprint density at radius 1 is 1.20 bits per heavy atom. The van der Waals surface area contributed by atoms with Crippen LogP contribution in [0.25, 0.3) is 0 Å². The summed E-state index contributed by atoms with van der Waals surface area (Å²) in [4.78, 5) is 16.1. The third-order valence-electron chi connectivity index (χ3n) is 5.05. The van der Waals surface area contributed by atoms with Gasteiger partial charge in [-0.2, -0.15) is 0 Å². The van der Waals surface area contributed by atoms with Crippen molar-refractivity contribution >= 4 is 52.6 Å². The standard InChI is InChI=1S/C21H33N5OS2.HI/c1-5-22-21(23-9-8-20-25-16(3)17(4)29-20)24-14-18(19-7-6-15(2)28-19)26-10-12-27-13-11-26;/h6-7,18H,5,8-14H2,1-4H3,(H2,22,23,24);1H. The molecule has 0 saturated carbocycles. The minimum Gasteiger partial charge on any atom is -0.379 e. The first-order chi connectivity index (χ1) is 14.1. The van der Waals surface area contributed by atoms with Gasteiger partial charge in [0.05, 0.1) is 36.5 Å². The van der Waals surface area contributed by atoms with Crippen LogP contribution in [0.15, 0.2) is 17.1 Å². The number of aryl methyl sites for hydroxylation is 3. The molecule has 0 amide bonds. The smallest absolute Gasteiger partial charge is 0.191 e. The van der Waals surface area contributed by atoms with Crippen molar-refractivity contribution in [1.29, 1.82) is 0 Å². The lowest BCUT2D eigenvalue weighted by molar-refractivity contribution is 0.0186. The molecule has 2 N–H and O–H groups in total. The fourth-order valence-corrected chi connectivity index (χ4v) is 5.30. The van der Waals surface area contributed by atoms with E-state index in [1.807, 2.05) is 11.3 Å². The molecule has 30 heavy (non-hydrogen) atoms. The van der Waals surface area contributed by atoms with Crippen LogP contribution in [-0.2, 0) is 11.2 Å². The highest BCUT2D eigenvalue weighted by Gasteiger charge is 2.23. The molecule has 1 unspecified atom stereocenters. The highest BCUT2D eigenvalue weighted by molar-refractivity contribution is 14.0. The molecule has 2 aromatic rings. The van der Waals surface area contributed by atoms with Gasteiger partial charge in [0.25, 0.3) is 0 Å². The SMILES string of the molecule is CCNC(=NCC(c1ccc(C)s1)N1CCOCC1)NCCc1nc(C)c(C)s1.I. The molecule has 1 aliphatic heterocycles. The van der Waals surface area contributed by atoms with Gasteiger partial charge in [-0.25, -0.2) is 4.98 Å². The topological polar surface area (TPSA) is 61.8 Å². The van der Waals surface area contributed by atoms with Crippen LogP contribution in [0.2, 0.25) is 0 Å². The van der Waals surface area contributed by atoms with Gasteiger partial charge in [0.2, 0.25) is 0 Å². The molecule has 168 valence electrons. The van der Waals surface area contributed by atoms with E-state index in [4.69, 9.17) is 9.73 Å².